The highest BCUT2D eigenvalue weighted by atomic mass is 32.2. The Balaban J connectivity index is 1.75. The normalized spacial score (nSPS) is 28.0. The van der Waals surface area contributed by atoms with E-state index in [1.807, 2.05) is 20.8 Å². The molecule has 0 aromatic carbocycles. The molecule has 4 atom stereocenters. The molecule has 3 unspecified atom stereocenters. The molecule has 2 amide bonds. The lowest BCUT2D eigenvalue weighted by Crippen LogP contribution is -2.48. The van der Waals surface area contributed by atoms with Gasteiger partial charge in [-0.15, -0.1) is 0 Å². The van der Waals surface area contributed by atoms with Crippen molar-refractivity contribution < 1.29 is 14.3 Å². The van der Waals surface area contributed by atoms with E-state index in [0.717, 1.165) is 49.6 Å². The number of thioether (sulfide) groups is 1. The van der Waals surface area contributed by atoms with Gasteiger partial charge in [0.15, 0.2) is 0 Å². The lowest BCUT2D eigenvalue weighted by atomic mass is 9.96. The molecule has 3 aliphatic rings. The smallest absolute Gasteiger partial charge is 0.250 e. The van der Waals surface area contributed by atoms with Crippen LogP contribution in [0.1, 0.15) is 53.9 Å². The van der Waals surface area contributed by atoms with E-state index < -0.39 is 0 Å². The highest BCUT2D eigenvalue weighted by Crippen LogP contribution is 2.36. The van der Waals surface area contributed by atoms with Gasteiger partial charge in [-0.3, -0.25) is 9.59 Å². The number of carbonyl (C=O) groups excluding carboxylic acids is 2. The van der Waals surface area contributed by atoms with Gasteiger partial charge in [0.25, 0.3) is 5.91 Å². The second-order valence-electron chi connectivity index (χ2n) is 9.64. The summed E-state index contributed by atoms with van der Waals surface area (Å²) in [6.45, 7) is 12.1. The van der Waals surface area contributed by atoms with Crippen molar-refractivity contribution >= 4 is 23.6 Å². The zero-order valence-electron chi connectivity index (χ0n) is 19.2. The van der Waals surface area contributed by atoms with Crippen LogP contribution in [0, 0.1) is 5.92 Å². The van der Waals surface area contributed by atoms with Crippen molar-refractivity contribution in [1.29, 1.82) is 0 Å². The van der Waals surface area contributed by atoms with E-state index in [1.54, 1.807) is 23.9 Å². The van der Waals surface area contributed by atoms with Crippen molar-refractivity contribution in [2.24, 2.45) is 5.92 Å². The summed E-state index contributed by atoms with van der Waals surface area (Å²) in [6.07, 6.45) is 8.36. The topological polar surface area (TPSA) is 61.9 Å². The lowest BCUT2D eigenvalue weighted by molar-refractivity contribution is -0.129. The van der Waals surface area contributed by atoms with Gasteiger partial charge in [0.1, 0.15) is 11.4 Å². The molecular formula is C23H37N3O3S. The number of carbonyl (C=O) groups is 2. The summed E-state index contributed by atoms with van der Waals surface area (Å²) in [7, 11) is 0. The number of likely N-dealkylation sites (tertiary alicyclic amines) is 1. The summed E-state index contributed by atoms with van der Waals surface area (Å²) in [5.74, 6) is 2.19. The Morgan fingerprint density at radius 1 is 1.30 bits per heavy atom. The quantitative estimate of drug-likeness (QED) is 0.635. The Morgan fingerprint density at radius 2 is 2.03 bits per heavy atom. The molecule has 0 aromatic heterocycles. The zero-order chi connectivity index (χ0) is 22.1. The first-order valence-corrected chi connectivity index (χ1v) is 12.5. The molecule has 6 nitrogen and oxygen atoms in total. The van der Waals surface area contributed by atoms with Crippen molar-refractivity contribution in [2.75, 3.05) is 25.1 Å². The van der Waals surface area contributed by atoms with E-state index in [-0.39, 0.29) is 35.5 Å². The van der Waals surface area contributed by atoms with Gasteiger partial charge in [-0.25, -0.2) is 0 Å². The first-order valence-electron chi connectivity index (χ1n) is 11.1. The fourth-order valence-corrected chi connectivity index (χ4v) is 5.15. The molecule has 0 aromatic rings. The van der Waals surface area contributed by atoms with Crippen LogP contribution in [0.25, 0.3) is 0 Å². The van der Waals surface area contributed by atoms with Gasteiger partial charge in [-0.1, -0.05) is 20.3 Å². The van der Waals surface area contributed by atoms with Gasteiger partial charge in [-0.05, 0) is 51.5 Å². The largest absolute Gasteiger partial charge is 0.490 e. The van der Waals surface area contributed by atoms with E-state index in [4.69, 9.17) is 4.74 Å². The van der Waals surface area contributed by atoms with Crippen molar-refractivity contribution in [3.63, 3.8) is 0 Å². The highest BCUT2D eigenvalue weighted by Gasteiger charge is 2.45. The van der Waals surface area contributed by atoms with Crippen LogP contribution in [0.3, 0.4) is 0 Å². The molecule has 168 valence electrons. The predicted octanol–water partition coefficient (Wildman–Crippen LogP) is 3.15. The van der Waals surface area contributed by atoms with E-state index in [1.165, 1.54) is 0 Å². The van der Waals surface area contributed by atoms with Crippen molar-refractivity contribution in [3.05, 3.63) is 23.6 Å². The molecule has 0 spiro atoms. The van der Waals surface area contributed by atoms with Gasteiger partial charge in [0.2, 0.25) is 5.91 Å². The van der Waals surface area contributed by atoms with Crippen LogP contribution in [0.5, 0.6) is 0 Å². The minimum absolute atomic E-state index is 0.00295. The maximum Gasteiger partial charge on any atom is 0.250 e. The predicted molar refractivity (Wildman–Crippen MR) is 122 cm³/mol. The van der Waals surface area contributed by atoms with E-state index in [2.05, 4.69) is 35.2 Å². The zero-order valence-corrected chi connectivity index (χ0v) is 20.1. The summed E-state index contributed by atoms with van der Waals surface area (Å²) < 4.78 is 6.21. The Morgan fingerprint density at radius 3 is 2.67 bits per heavy atom. The molecular weight excluding hydrogens is 398 g/mol. The average molecular weight is 436 g/mol. The fourth-order valence-electron chi connectivity index (χ4n) is 4.68. The van der Waals surface area contributed by atoms with Gasteiger partial charge in [0, 0.05) is 30.9 Å². The number of hydrogen-bond acceptors (Lipinski definition) is 5. The lowest BCUT2D eigenvalue weighted by Gasteiger charge is -2.37. The SMILES string of the molecule is CC[C@H](C)C1C(OC(C)(C)C)=CC(=O)N1C1CCN(C2=CC(=O)NC2CCSC)C1. The standard InChI is InChI=1S/C23H37N3O3S/c1-7-15(2)22-19(29-23(3,4)5)13-21(28)26(22)16-8-10-25(14-16)18-12-20(27)24-17(18)9-11-30-6/h12-13,15-17,22H,7-11,14H2,1-6H3,(H,24,27)/t15-,16?,17?,22?/m0/s1. The van der Waals surface area contributed by atoms with Crippen LogP contribution in [0.15, 0.2) is 23.6 Å². The maximum atomic E-state index is 13.0. The molecule has 7 heteroatoms. The van der Waals surface area contributed by atoms with Gasteiger partial charge < -0.3 is 19.9 Å². The number of amides is 2. The molecule has 0 bridgehead atoms. The number of hydrogen-bond donors (Lipinski definition) is 1. The molecule has 3 rings (SSSR count). The third kappa shape index (κ3) is 4.98. The second kappa shape index (κ2) is 9.25. The van der Waals surface area contributed by atoms with Gasteiger partial charge in [0.05, 0.1) is 18.1 Å². The molecule has 1 fully saturated rings. The maximum absolute atomic E-state index is 13.0. The first kappa shape index (κ1) is 23.0. The monoisotopic (exact) mass is 435 g/mol. The third-order valence-corrected chi connectivity index (χ3v) is 6.85. The van der Waals surface area contributed by atoms with Crippen molar-refractivity contribution in [2.45, 2.75) is 77.6 Å². The number of ether oxygens (including phenoxy) is 1. The van der Waals surface area contributed by atoms with E-state index in [9.17, 15) is 9.59 Å². The Hall–Kier alpha value is -1.63. The van der Waals surface area contributed by atoms with Gasteiger partial charge >= 0.3 is 0 Å². The van der Waals surface area contributed by atoms with Crippen LogP contribution in [-0.2, 0) is 14.3 Å². The van der Waals surface area contributed by atoms with Gasteiger partial charge in [-0.2, -0.15) is 11.8 Å². The van der Waals surface area contributed by atoms with Crippen LogP contribution in [0.2, 0.25) is 0 Å². The first-order chi connectivity index (χ1) is 14.1. The molecule has 0 saturated carbocycles. The number of nitrogens with zero attached hydrogens (tertiary/aromatic N) is 2. The second-order valence-corrected chi connectivity index (χ2v) is 10.6. The van der Waals surface area contributed by atoms with Crippen LogP contribution in [-0.4, -0.2) is 70.4 Å². The number of nitrogens with one attached hydrogen (secondary N) is 1. The number of rotatable bonds is 8. The van der Waals surface area contributed by atoms with E-state index in [0.29, 0.717) is 5.92 Å². The summed E-state index contributed by atoms with van der Waals surface area (Å²) in [5, 5.41) is 3.08. The highest BCUT2D eigenvalue weighted by molar-refractivity contribution is 7.98. The fraction of sp³-hybridized carbons (Fsp3) is 0.739. The Bertz CT molecular complexity index is 728. The average Bonchev–Trinajstić information content (AvgIpc) is 3.34. The summed E-state index contributed by atoms with van der Waals surface area (Å²) in [6, 6.07) is 0.198. The molecule has 0 aliphatic carbocycles. The molecule has 30 heavy (non-hydrogen) atoms. The Kier molecular flexibility index (Phi) is 7.10. The third-order valence-electron chi connectivity index (χ3n) is 6.20. The van der Waals surface area contributed by atoms with Crippen LogP contribution >= 0.6 is 11.8 Å². The molecule has 1 N–H and O–H groups in total. The molecule has 1 saturated heterocycles. The molecule has 3 heterocycles. The Labute approximate surface area is 185 Å². The van der Waals surface area contributed by atoms with Crippen molar-refractivity contribution in [3.8, 4) is 0 Å². The molecule has 3 aliphatic heterocycles. The minimum atomic E-state index is -0.333. The van der Waals surface area contributed by atoms with Crippen molar-refractivity contribution in [1.82, 2.24) is 15.1 Å². The molecule has 0 radical (unpaired) electrons. The summed E-state index contributed by atoms with van der Waals surface area (Å²) in [4.78, 5) is 29.4. The summed E-state index contributed by atoms with van der Waals surface area (Å²) >= 11 is 1.80. The van der Waals surface area contributed by atoms with Crippen LogP contribution in [0.4, 0.5) is 0 Å². The summed E-state index contributed by atoms with van der Waals surface area (Å²) in [5.41, 5.74) is 0.753. The minimum Gasteiger partial charge on any atom is -0.490 e. The van der Waals surface area contributed by atoms with Crippen LogP contribution < -0.4 is 5.32 Å². The van der Waals surface area contributed by atoms with E-state index >= 15 is 0 Å².